The summed E-state index contributed by atoms with van der Waals surface area (Å²) in [4.78, 5) is 40.9. The highest BCUT2D eigenvalue weighted by molar-refractivity contribution is 6.00. The molecule has 0 saturated carbocycles. The molecule has 132 valence electrons. The summed E-state index contributed by atoms with van der Waals surface area (Å²) in [6, 6.07) is 0. The highest BCUT2D eigenvalue weighted by Gasteiger charge is 2.30. The molecule has 2 heterocycles. The molecular weight excluding hydrogens is 310 g/mol. The molecule has 3 N–H and O–H groups in total. The molecule has 1 aromatic heterocycles. The summed E-state index contributed by atoms with van der Waals surface area (Å²) in [6.07, 6.45) is 0.919. The molecule has 2 rings (SSSR count). The Bertz CT molecular complexity index is 655. The standard InChI is InChI=1S/C17H25N3O4/c1-9(2)24-17(23)13-10(3)14(19-11(13)4)16(22)20-7-5-12(6-8-20)15(18)21/h9,12,19H,5-8H2,1-4H3,(H2,18,21). The Morgan fingerprint density at radius 1 is 1.21 bits per heavy atom. The topological polar surface area (TPSA) is 105 Å². The Balaban J connectivity index is 2.17. The van der Waals surface area contributed by atoms with Crippen molar-refractivity contribution in [3.05, 3.63) is 22.5 Å². The minimum Gasteiger partial charge on any atom is -0.459 e. The summed E-state index contributed by atoms with van der Waals surface area (Å²) in [5.74, 6) is -1.07. The van der Waals surface area contributed by atoms with E-state index < -0.39 is 5.97 Å². The van der Waals surface area contributed by atoms with Gasteiger partial charge in [0.2, 0.25) is 5.91 Å². The van der Waals surface area contributed by atoms with Crippen LogP contribution in [-0.2, 0) is 9.53 Å². The molecule has 0 unspecified atom stereocenters. The lowest BCUT2D eigenvalue weighted by Crippen LogP contribution is -2.42. The van der Waals surface area contributed by atoms with Gasteiger partial charge in [0.05, 0.1) is 11.7 Å². The molecule has 1 aromatic rings. The first kappa shape index (κ1) is 18.0. The van der Waals surface area contributed by atoms with E-state index in [1.54, 1.807) is 32.6 Å². The third kappa shape index (κ3) is 3.60. The minimum atomic E-state index is -0.428. The zero-order chi connectivity index (χ0) is 18.0. The van der Waals surface area contributed by atoms with Crippen LogP contribution in [0.25, 0.3) is 0 Å². The number of esters is 1. The monoisotopic (exact) mass is 335 g/mol. The first-order chi connectivity index (χ1) is 11.2. The molecule has 0 bridgehead atoms. The van der Waals surface area contributed by atoms with Crippen LogP contribution in [-0.4, -0.2) is 46.9 Å². The maximum absolute atomic E-state index is 12.7. The number of carbonyl (C=O) groups is 3. The van der Waals surface area contributed by atoms with Crippen molar-refractivity contribution in [3.8, 4) is 0 Å². The fourth-order valence-corrected chi connectivity index (χ4v) is 3.07. The Labute approximate surface area is 141 Å². The predicted octanol–water partition coefficient (Wildman–Crippen LogP) is 1.53. The van der Waals surface area contributed by atoms with Crippen molar-refractivity contribution in [2.24, 2.45) is 11.7 Å². The first-order valence-corrected chi connectivity index (χ1v) is 8.21. The van der Waals surface area contributed by atoms with E-state index in [0.717, 1.165) is 0 Å². The van der Waals surface area contributed by atoms with Gasteiger partial charge in [-0.25, -0.2) is 4.79 Å². The highest BCUT2D eigenvalue weighted by Crippen LogP contribution is 2.23. The molecule has 7 nitrogen and oxygen atoms in total. The second-order valence-electron chi connectivity index (χ2n) is 6.55. The van der Waals surface area contributed by atoms with Crippen molar-refractivity contribution in [2.45, 2.75) is 46.6 Å². The van der Waals surface area contributed by atoms with Gasteiger partial charge in [0, 0.05) is 24.7 Å². The average molecular weight is 335 g/mol. The maximum atomic E-state index is 12.7. The molecule has 1 aliphatic heterocycles. The van der Waals surface area contributed by atoms with Crippen LogP contribution >= 0.6 is 0 Å². The predicted molar refractivity (Wildman–Crippen MR) is 88.6 cm³/mol. The lowest BCUT2D eigenvalue weighted by molar-refractivity contribution is -0.123. The third-order valence-electron chi connectivity index (χ3n) is 4.38. The number of aromatic nitrogens is 1. The second kappa shape index (κ2) is 7.07. The minimum absolute atomic E-state index is 0.165. The molecule has 2 amide bonds. The fraction of sp³-hybridized carbons (Fsp3) is 0.588. The zero-order valence-corrected chi connectivity index (χ0v) is 14.6. The Kier molecular flexibility index (Phi) is 5.31. The zero-order valence-electron chi connectivity index (χ0n) is 14.6. The van der Waals surface area contributed by atoms with Crippen molar-refractivity contribution in [1.82, 2.24) is 9.88 Å². The third-order valence-corrected chi connectivity index (χ3v) is 4.38. The number of piperidine rings is 1. The van der Waals surface area contributed by atoms with Crippen LogP contribution < -0.4 is 5.73 Å². The summed E-state index contributed by atoms with van der Waals surface area (Å²) in [5, 5.41) is 0. The Hall–Kier alpha value is -2.31. The lowest BCUT2D eigenvalue weighted by Gasteiger charge is -2.30. The SMILES string of the molecule is Cc1[nH]c(C(=O)N2CCC(C(N)=O)CC2)c(C)c1C(=O)OC(C)C. The molecule has 0 spiro atoms. The van der Waals surface area contributed by atoms with Crippen molar-refractivity contribution in [3.63, 3.8) is 0 Å². The van der Waals surface area contributed by atoms with Gasteiger partial charge in [0.1, 0.15) is 5.69 Å². The number of nitrogens with two attached hydrogens (primary N) is 1. The van der Waals surface area contributed by atoms with E-state index in [1.807, 2.05) is 0 Å². The number of ether oxygens (including phenoxy) is 1. The van der Waals surface area contributed by atoms with Crippen LogP contribution in [0.15, 0.2) is 0 Å². The van der Waals surface area contributed by atoms with Gasteiger partial charge in [0.15, 0.2) is 0 Å². The average Bonchev–Trinajstić information content (AvgIpc) is 2.80. The number of amides is 2. The maximum Gasteiger partial charge on any atom is 0.340 e. The largest absolute Gasteiger partial charge is 0.459 e. The summed E-state index contributed by atoms with van der Waals surface area (Å²) < 4.78 is 5.24. The molecule has 24 heavy (non-hydrogen) atoms. The normalized spacial score (nSPS) is 15.6. The molecule has 1 aliphatic rings. The van der Waals surface area contributed by atoms with Crippen LogP contribution in [0, 0.1) is 19.8 Å². The van der Waals surface area contributed by atoms with Crippen molar-refractivity contribution in [1.29, 1.82) is 0 Å². The molecule has 0 aliphatic carbocycles. The van der Waals surface area contributed by atoms with E-state index in [4.69, 9.17) is 10.5 Å². The number of H-pyrrole nitrogens is 1. The Morgan fingerprint density at radius 3 is 2.29 bits per heavy atom. The number of hydrogen-bond acceptors (Lipinski definition) is 4. The fourth-order valence-electron chi connectivity index (χ4n) is 3.07. The number of nitrogens with one attached hydrogen (secondary N) is 1. The lowest BCUT2D eigenvalue weighted by atomic mass is 9.96. The number of likely N-dealkylation sites (tertiary alicyclic amines) is 1. The summed E-state index contributed by atoms with van der Waals surface area (Å²) in [7, 11) is 0. The van der Waals surface area contributed by atoms with E-state index in [9.17, 15) is 14.4 Å². The van der Waals surface area contributed by atoms with Gasteiger partial charge >= 0.3 is 5.97 Å². The van der Waals surface area contributed by atoms with E-state index in [1.165, 1.54) is 0 Å². The molecule has 0 radical (unpaired) electrons. The van der Waals surface area contributed by atoms with E-state index in [2.05, 4.69) is 4.98 Å². The molecule has 0 atom stereocenters. The van der Waals surface area contributed by atoms with Gasteiger partial charge in [0.25, 0.3) is 5.91 Å². The number of primary amides is 1. The van der Waals surface area contributed by atoms with Gasteiger partial charge in [-0.05, 0) is 46.1 Å². The molecule has 7 heteroatoms. The number of rotatable bonds is 4. The van der Waals surface area contributed by atoms with Crippen LogP contribution in [0.1, 0.15) is 58.8 Å². The van der Waals surface area contributed by atoms with Gasteiger partial charge in [-0.2, -0.15) is 0 Å². The van der Waals surface area contributed by atoms with Crippen molar-refractivity contribution < 1.29 is 19.1 Å². The summed E-state index contributed by atoms with van der Waals surface area (Å²) >= 11 is 0. The van der Waals surface area contributed by atoms with Gasteiger partial charge in [-0.15, -0.1) is 0 Å². The molecule has 1 saturated heterocycles. The smallest absolute Gasteiger partial charge is 0.340 e. The summed E-state index contributed by atoms with van der Waals surface area (Å²) in [6.45, 7) is 8.02. The molecule has 0 aromatic carbocycles. The number of aromatic amines is 1. The van der Waals surface area contributed by atoms with Crippen LogP contribution in [0.2, 0.25) is 0 Å². The number of nitrogens with zero attached hydrogens (tertiary/aromatic N) is 1. The molecular formula is C17H25N3O4. The van der Waals surface area contributed by atoms with Gasteiger partial charge in [-0.3, -0.25) is 9.59 Å². The second-order valence-corrected chi connectivity index (χ2v) is 6.55. The van der Waals surface area contributed by atoms with Gasteiger partial charge in [-0.1, -0.05) is 0 Å². The van der Waals surface area contributed by atoms with Gasteiger partial charge < -0.3 is 20.4 Å². The molecule has 1 fully saturated rings. The quantitative estimate of drug-likeness (QED) is 0.814. The highest BCUT2D eigenvalue weighted by atomic mass is 16.5. The number of hydrogen-bond donors (Lipinski definition) is 2. The van der Waals surface area contributed by atoms with Crippen molar-refractivity contribution >= 4 is 17.8 Å². The van der Waals surface area contributed by atoms with Crippen LogP contribution in [0.4, 0.5) is 0 Å². The first-order valence-electron chi connectivity index (χ1n) is 8.21. The van der Waals surface area contributed by atoms with Crippen LogP contribution in [0.5, 0.6) is 0 Å². The van der Waals surface area contributed by atoms with Crippen molar-refractivity contribution in [2.75, 3.05) is 13.1 Å². The Morgan fingerprint density at radius 2 is 1.79 bits per heavy atom. The van der Waals surface area contributed by atoms with E-state index in [0.29, 0.717) is 48.4 Å². The summed E-state index contributed by atoms with van der Waals surface area (Å²) in [5.41, 5.74) is 7.36. The number of aryl methyl sites for hydroxylation is 1. The van der Waals surface area contributed by atoms with E-state index in [-0.39, 0.29) is 23.8 Å². The number of carbonyl (C=O) groups excluding carboxylic acids is 3. The van der Waals surface area contributed by atoms with E-state index >= 15 is 0 Å². The van der Waals surface area contributed by atoms with Crippen LogP contribution in [0.3, 0.4) is 0 Å².